The number of hydrogen-bond donors (Lipinski definition) is 1. The van der Waals surface area contributed by atoms with Crippen LogP contribution in [-0.4, -0.2) is 12.1 Å². The maximum Gasteiger partial charge on any atom is 0.456 e. The van der Waals surface area contributed by atoms with Crippen molar-refractivity contribution in [3.05, 3.63) is 0 Å². The van der Waals surface area contributed by atoms with Crippen LogP contribution in [-0.2, 0) is 0 Å². The smallest absolute Gasteiger partial charge is 0.257 e. The zero-order chi connectivity index (χ0) is 13.7. The molecule has 0 spiro atoms. The third-order valence-electron chi connectivity index (χ3n) is 2.82. The normalized spacial score (nSPS) is 12.0. The molecule has 0 unspecified atom stereocenters. The number of hydrogen-bond acceptors (Lipinski definition) is 2. The van der Waals surface area contributed by atoms with Crippen LogP contribution in [0.25, 0.3) is 0 Å². The van der Waals surface area contributed by atoms with Crippen molar-refractivity contribution < 1.29 is 13.2 Å². The second kappa shape index (κ2) is 12.2. The lowest BCUT2D eigenvalue weighted by atomic mass is 10.1. The number of halogens is 3. The van der Waals surface area contributed by atoms with Gasteiger partial charge >= 0.3 is 5.51 Å². The van der Waals surface area contributed by atoms with Crippen molar-refractivity contribution in [2.75, 3.05) is 6.54 Å². The summed E-state index contributed by atoms with van der Waals surface area (Å²) in [5, 5.41) is 0. The number of alkyl halides is 3. The zero-order valence-electron chi connectivity index (χ0n) is 11.3. The fourth-order valence-corrected chi connectivity index (χ4v) is 2.23. The van der Waals surface area contributed by atoms with Crippen LogP contribution in [0.2, 0.25) is 0 Å². The molecule has 0 aliphatic carbocycles. The Kier molecular flexibility index (Phi) is 12.2. The Morgan fingerprint density at radius 3 is 1.67 bits per heavy atom. The zero-order valence-corrected chi connectivity index (χ0v) is 12.1. The summed E-state index contributed by atoms with van der Waals surface area (Å²) in [5.74, 6) is 0. The molecule has 1 N–H and O–H groups in total. The predicted octanol–water partition coefficient (Wildman–Crippen LogP) is 5.66. The SMILES string of the molecule is CCCCCCCCCCCCNSC(F)(F)F. The standard InChI is InChI=1S/C13H26F3NS/c1-2-3-4-5-6-7-8-9-10-11-12-17-18-13(14,15)16/h17H,2-12H2,1H3. The summed E-state index contributed by atoms with van der Waals surface area (Å²) in [6.07, 6.45) is 12.1. The fourth-order valence-electron chi connectivity index (χ4n) is 1.82. The van der Waals surface area contributed by atoms with Gasteiger partial charge < -0.3 is 0 Å². The van der Waals surface area contributed by atoms with E-state index in [0.717, 1.165) is 19.3 Å². The van der Waals surface area contributed by atoms with Crippen LogP contribution in [0.5, 0.6) is 0 Å². The Bertz CT molecular complexity index is 174. The van der Waals surface area contributed by atoms with Crippen LogP contribution >= 0.6 is 11.9 Å². The Morgan fingerprint density at radius 2 is 1.22 bits per heavy atom. The summed E-state index contributed by atoms with van der Waals surface area (Å²) in [5.41, 5.74) is -4.15. The molecule has 110 valence electrons. The minimum atomic E-state index is -4.15. The monoisotopic (exact) mass is 285 g/mol. The van der Waals surface area contributed by atoms with E-state index >= 15 is 0 Å². The van der Waals surface area contributed by atoms with Gasteiger partial charge in [0.1, 0.15) is 0 Å². The van der Waals surface area contributed by atoms with Crippen molar-refractivity contribution >= 4 is 11.9 Å². The molecule has 0 bridgehead atoms. The third kappa shape index (κ3) is 16.1. The van der Waals surface area contributed by atoms with Crippen LogP contribution < -0.4 is 4.72 Å². The average Bonchev–Trinajstić information content (AvgIpc) is 2.29. The molecule has 0 radical (unpaired) electrons. The van der Waals surface area contributed by atoms with E-state index in [4.69, 9.17) is 0 Å². The highest BCUT2D eigenvalue weighted by Gasteiger charge is 2.27. The number of nitrogens with one attached hydrogen (secondary N) is 1. The van der Waals surface area contributed by atoms with Gasteiger partial charge in [-0.1, -0.05) is 64.7 Å². The predicted molar refractivity (Wildman–Crippen MR) is 73.5 cm³/mol. The van der Waals surface area contributed by atoms with Crippen molar-refractivity contribution in [3.8, 4) is 0 Å². The molecule has 18 heavy (non-hydrogen) atoms. The molecule has 0 aromatic heterocycles. The molecule has 0 rings (SSSR count). The molecule has 0 aromatic rings. The lowest BCUT2D eigenvalue weighted by molar-refractivity contribution is -0.0335. The van der Waals surface area contributed by atoms with Gasteiger partial charge in [-0.2, -0.15) is 13.2 Å². The summed E-state index contributed by atoms with van der Waals surface area (Å²) in [6, 6.07) is 0. The topological polar surface area (TPSA) is 12.0 Å². The second-order valence-corrected chi connectivity index (χ2v) is 5.58. The molecule has 1 nitrogen and oxygen atoms in total. The van der Waals surface area contributed by atoms with E-state index < -0.39 is 5.51 Å². The average molecular weight is 285 g/mol. The van der Waals surface area contributed by atoms with Gasteiger partial charge in [-0.15, -0.1) is 0 Å². The Labute approximate surface area is 113 Å². The summed E-state index contributed by atoms with van der Waals surface area (Å²) in [7, 11) is 0. The van der Waals surface area contributed by atoms with Gasteiger partial charge in [0.05, 0.1) is 0 Å². The lowest BCUT2D eigenvalue weighted by Gasteiger charge is -2.06. The molecule has 0 saturated heterocycles. The van der Waals surface area contributed by atoms with Crippen molar-refractivity contribution in [2.24, 2.45) is 0 Å². The van der Waals surface area contributed by atoms with E-state index in [-0.39, 0.29) is 11.9 Å². The highest BCUT2D eigenvalue weighted by atomic mass is 32.2. The van der Waals surface area contributed by atoms with Gasteiger partial charge in [-0.3, -0.25) is 4.72 Å². The first-order valence-electron chi connectivity index (χ1n) is 7.04. The van der Waals surface area contributed by atoms with Crippen molar-refractivity contribution in [1.29, 1.82) is 0 Å². The molecule has 5 heteroatoms. The maximum absolute atomic E-state index is 11.8. The maximum atomic E-state index is 11.8. The van der Waals surface area contributed by atoms with E-state index in [2.05, 4.69) is 11.6 Å². The molecule has 0 aliphatic heterocycles. The Balaban J connectivity index is 2.99. The molecule has 0 aliphatic rings. The van der Waals surface area contributed by atoms with Crippen molar-refractivity contribution in [1.82, 2.24) is 4.72 Å². The van der Waals surface area contributed by atoms with E-state index in [1.54, 1.807) is 0 Å². The largest absolute Gasteiger partial charge is 0.456 e. The van der Waals surface area contributed by atoms with Gasteiger partial charge in [-0.25, -0.2) is 0 Å². The molecule has 0 atom stereocenters. The van der Waals surface area contributed by atoms with E-state index in [9.17, 15) is 13.2 Å². The molecular weight excluding hydrogens is 259 g/mol. The fraction of sp³-hybridized carbons (Fsp3) is 1.00. The minimum Gasteiger partial charge on any atom is -0.257 e. The van der Waals surface area contributed by atoms with Gasteiger partial charge in [-0.05, 0) is 6.42 Å². The molecule has 0 aromatic carbocycles. The van der Waals surface area contributed by atoms with E-state index in [1.165, 1.54) is 44.9 Å². The van der Waals surface area contributed by atoms with Crippen LogP contribution in [0.4, 0.5) is 13.2 Å². The molecule has 0 fully saturated rings. The van der Waals surface area contributed by atoms with Gasteiger partial charge in [0.15, 0.2) is 0 Å². The Morgan fingerprint density at radius 1 is 0.778 bits per heavy atom. The van der Waals surface area contributed by atoms with Crippen molar-refractivity contribution in [3.63, 3.8) is 0 Å². The molecule has 0 saturated carbocycles. The highest BCUT2D eigenvalue weighted by molar-refractivity contribution is 7.98. The minimum absolute atomic E-state index is 0.137. The first kappa shape index (κ1) is 18.1. The summed E-state index contributed by atoms with van der Waals surface area (Å²) < 4.78 is 37.6. The first-order valence-corrected chi connectivity index (χ1v) is 7.85. The quantitative estimate of drug-likeness (QED) is 0.366. The first-order chi connectivity index (χ1) is 8.56. The van der Waals surface area contributed by atoms with Crippen LogP contribution in [0.3, 0.4) is 0 Å². The second-order valence-electron chi connectivity index (χ2n) is 4.62. The van der Waals surface area contributed by atoms with Gasteiger partial charge in [0, 0.05) is 18.5 Å². The summed E-state index contributed by atoms with van der Waals surface area (Å²) in [6.45, 7) is 2.66. The molecule has 0 heterocycles. The number of rotatable bonds is 12. The van der Waals surface area contributed by atoms with E-state index in [1.807, 2.05) is 0 Å². The van der Waals surface area contributed by atoms with Crippen molar-refractivity contribution in [2.45, 2.75) is 76.6 Å². The van der Waals surface area contributed by atoms with Gasteiger partial charge in [0.25, 0.3) is 0 Å². The van der Waals surface area contributed by atoms with Gasteiger partial charge in [0.2, 0.25) is 0 Å². The number of unbranched alkanes of at least 4 members (excludes halogenated alkanes) is 9. The van der Waals surface area contributed by atoms with Crippen LogP contribution in [0.15, 0.2) is 0 Å². The summed E-state index contributed by atoms with van der Waals surface area (Å²) >= 11 is -0.137. The third-order valence-corrected chi connectivity index (χ3v) is 3.40. The lowest BCUT2D eigenvalue weighted by Crippen LogP contribution is -2.14. The Hall–Kier alpha value is 0.100. The summed E-state index contributed by atoms with van der Waals surface area (Å²) in [4.78, 5) is 0. The van der Waals surface area contributed by atoms with E-state index in [0.29, 0.717) is 6.54 Å². The molecule has 0 amide bonds. The van der Waals surface area contributed by atoms with Crippen LogP contribution in [0, 0.1) is 0 Å². The highest BCUT2D eigenvalue weighted by Crippen LogP contribution is 2.27. The van der Waals surface area contributed by atoms with Crippen LogP contribution in [0.1, 0.15) is 71.1 Å². The molecular formula is C13H26F3NS.